The average Bonchev–Trinajstić information content (AvgIpc) is 2.29. The van der Waals surface area contributed by atoms with Crippen molar-refractivity contribution in [2.45, 2.75) is 72.8 Å². The van der Waals surface area contributed by atoms with Crippen LogP contribution in [0.5, 0.6) is 0 Å². The predicted molar refractivity (Wildman–Crippen MR) is 77.3 cm³/mol. The van der Waals surface area contributed by atoms with Crippen molar-refractivity contribution in [1.82, 2.24) is 4.90 Å². The number of hydrogen-bond donors (Lipinski definition) is 0. The second-order valence-corrected chi connectivity index (χ2v) is 6.77. The summed E-state index contributed by atoms with van der Waals surface area (Å²) >= 11 is 0. The molecule has 3 unspecified atom stereocenters. The fourth-order valence-electron chi connectivity index (χ4n) is 3.25. The lowest BCUT2D eigenvalue weighted by Crippen LogP contribution is -2.38. The van der Waals surface area contributed by atoms with E-state index in [1.165, 1.54) is 45.2 Å². The molecule has 1 aliphatic rings. The molecule has 0 N–H and O–H groups in total. The summed E-state index contributed by atoms with van der Waals surface area (Å²) in [5.74, 6) is 2.59. The second kappa shape index (κ2) is 7.41. The molecule has 3 atom stereocenters. The third kappa shape index (κ3) is 5.42. The van der Waals surface area contributed by atoms with E-state index in [1.54, 1.807) is 0 Å². The molecule has 0 spiro atoms. The van der Waals surface area contributed by atoms with E-state index in [-0.39, 0.29) is 0 Å². The van der Waals surface area contributed by atoms with Crippen molar-refractivity contribution >= 4 is 0 Å². The van der Waals surface area contributed by atoms with Crippen LogP contribution in [0.3, 0.4) is 0 Å². The fourth-order valence-corrected chi connectivity index (χ4v) is 3.25. The summed E-state index contributed by atoms with van der Waals surface area (Å²) in [6, 6.07) is 0.792. The highest BCUT2D eigenvalue weighted by molar-refractivity contribution is 4.75. The third-order valence-corrected chi connectivity index (χ3v) is 4.54. The predicted octanol–water partition coefficient (Wildman–Crippen LogP) is 4.57. The first kappa shape index (κ1) is 15.0. The van der Waals surface area contributed by atoms with E-state index in [1.807, 2.05) is 0 Å². The van der Waals surface area contributed by atoms with E-state index in [0.29, 0.717) is 0 Å². The molecule has 1 saturated heterocycles. The maximum absolute atomic E-state index is 2.71. The molecule has 0 aromatic heterocycles. The molecule has 0 amide bonds. The molecule has 1 rings (SSSR count). The Kier molecular flexibility index (Phi) is 6.54. The van der Waals surface area contributed by atoms with Gasteiger partial charge in [0.05, 0.1) is 0 Å². The number of piperidine rings is 1. The van der Waals surface area contributed by atoms with Crippen molar-refractivity contribution < 1.29 is 0 Å². The van der Waals surface area contributed by atoms with Gasteiger partial charge in [-0.25, -0.2) is 0 Å². The van der Waals surface area contributed by atoms with E-state index >= 15 is 0 Å². The van der Waals surface area contributed by atoms with Crippen LogP contribution in [0.15, 0.2) is 0 Å². The maximum atomic E-state index is 2.71. The lowest BCUT2D eigenvalue weighted by molar-refractivity contribution is 0.140. The molecule has 0 saturated carbocycles. The Hall–Kier alpha value is -0.0400. The van der Waals surface area contributed by atoms with E-state index in [0.717, 1.165) is 23.8 Å². The second-order valence-electron chi connectivity index (χ2n) is 6.77. The maximum Gasteiger partial charge on any atom is 0.00695 e. The topological polar surface area (TPSA) is 3.24 Å². The quantitative estimate of drug-likeness (QED) is 0.656. The fraction of sp³-hybridized carbons (Fsp3) is 1.00. The molecule has 102 valence electrons. The lowest BCUT2D eigenvalue weighted by atomic mass is 9.84. The summed E-state index contributed by atoms with van der Waals surface area (Å²) < 4.78 is 0. The lowest BCUT2D eigenvalue weighted by Gasteiger charge is -2.35. The summed E-state index contributed by atoms with van der Waals surface area (Å²) in [6.07, 6.45) is 7.05. The van der Waals surface area contributed by atoms with Crippen molar-refractivity contribution in [3.8, 4) is 0 Å². The van der Waals surface area contributed by atoms with Gasteiger partial charge >= 0.3 is 0 Å². The third-order valence-electron chi connectivity index (χ3n) is 4.54. The van der Waals surface area contributed by atoms with Gasteiger partial charge in [0, 0.05) is 6.04 Å². The van der Waals surface area contributed by atoms with Crippen LogP contribution in [0, 0.1) is 17.8 Å². The number of likely N-dealkylation sites (tertiary alicyclic amines) is 1. The molecule has 1 fully saturated rings. The zero-order valence-corrected chi connectivity index (χ0v) is 12.7. The van der Waals surface area contributed by atoms with Crippen molar-refractivity contribution in [1.29, 1.82) is 0 Å². The van der Waals surface area contributed by atoms with Crippen LogP contribution < -0.4 is 0 Å². The molecule has 0 aromatic rings. The highest BCUT2D eigenvalue weighted by atomic mass is 15.1. The van der Waals surface area contributed by atoms with E-state index in [2.05, 4.69) is 39.5 Å². The van der Waals surface area contributed by atoms with Crippen LogP contribution in [0.1, 0.15) is 66.7 Å². The zero-order chi connectivity index (χ0) is 12.8. The molecule has 0 bridgehead atoms. The normalized spacial score (nSPS) is 23.6. The summed E-state index contributed by atoms with van der Waals surface area (Å²) in [7, 11) is 0. The Morgan fingerprint density at radius 3 is 1.82 bits per heavy atom. The number of nitrogens with zero attached hydrogens (tertiary/aromatic N) is 1. The number of hydrogen-bond acceptors (Lipinski definition) is 1. The van der Waals surface area contributed by atoms with Gasteiger partial charge in [-0.3, -0.25) is 0 Å². The minimum absolute atomic E-state index is 0.792. The molecular weight excluding hydrogens is 206 g/mol. The van der Waals surface area contributed by atoms with Gasteiger partial charge in [0.15, 0.2) is 0 Å². The summed E-state index contributed by atoms with van der Waals surface area (Å²) in [5, 5.41) is 0. The first-order chi connectivity index (χ1) is 8.00. The Labute approximate surface area is 109 Å². The minimum atomic E-state index is 0.792. The Bertz CT molecular complexity index is 194. The van der Waals surface area contributed by atoms with Crippen LogP contribution in [-0.2, 0) is 0 Å². The molecule has 0 radical (unpaired) electrons. The SMILES string of the molecule is CC(C)CC(C)C(C)CC(C)N1CCCCC1. The van der Waals surface area contributed by atoms with Gasteiger partial charge in [0.25, 0.3) is 0 Å². The first-order valence-electron chi connectivity index (χ1n) is 7.74. The van der Waals surface area contributed by atoms with E-state index in [9.17, 15) is 0 Å². The Balaban J connectivity index is 2.30. The molecule has 1 heteroatoms. The Morgan fingerprint density at radius 1 is 0.765 bits per heavy atom. The highest BCUT2D eigenvalue weighted by Gasteiger charge is 2.21. The van der Waals surface area contributed by atoms with Gasteiger partial charge in [-0.05, 0) is 63.5 Å². The van der Waals surface area contributed by atoms with E-state index < -0.39 is 0 Å². The van der Waals surface area contributed by atoms with Gasteiger partial charge < -0.3 is 4.90 Å². The van der Waals surface area contributed by atoms with Gasteiger partial charge in [-0.2, -0.15) is 0 Å². The summed E-state index contributed by atoms with van der Waals surface area (Å²) in [4.78, 5) is 2.71. The van der Waals surface area contributed by atoms with E-state index in [4.69, 9.17) is 0 Å². The molecule has 1 nitrogen and oxygen atoms in total. The van der Waals surface area contributed by atoms with Crippen LogP contribution in [-0.4, -0.2) is 24.0 Å². The zero-order valence-electron chi connectivity index (χ0n) is 12.7. The van der Waals surface area contributed by atoms with Crippen molar-refractivity contribution in [2.75, 3.05) is 13.1 Å². The monoisotopic (exact) mass is 239 g/mol. The molecular formula is C16H33N. The van der Waals surface area contributed by atoms with Crippen molar-refractivity contribution in [2.24, 2.45) is 17.8 Å². The molecule has 17 heavy (non-hydrogen) atoms. The smallest absolute Gasteiger partial charge is 0.00695 e. The number of rotatable bonds is 6. The van der Waals surface area contributed by atoms with Crippen molar-refractivity contribution in [3.05, 3.63) is 0 Å². The Morgan fingerprint density at radius 2 is 1.29 bits per heavy atom. The van der Waals surface area contributed by atoms with Gasteiger partial charge in [0.2, 0.25) is 0 Å². The largest absolute Gasteiger partial charge is 0.301 e. The first-order valence-corrected chi connectivity index (χ1v) is 7.74. The summed E-state index contributed by atoms with van der Waals surface area (Å²) in [5.41, 5.74) is 0. The summed E-state index contributed by atoms with van der Waals surface area (Å²) in [6.45, 7) is 14.7. The molecule has 0 aromatic carbocycles. The molecule has 1 heterocycles. The van der Waals surface area contributed by atoms with Gasteiger partial charge in [0.1, 0.15) is 0 Å². The van der Waals surface area contributed by atoms with Crippen LogP contribution in [0.4, 0.5) is 0 Å². The average molecular weight is 239 g/mol. The van der Waals surface area contributed by atoms with Gasteiger partial charge in [-0.1, -0.05) is 34.1 Å². The van der Waals surface area contributed by atoms with Crippen LogP contribution in [0.2, 0.25) is 0 Å². The van der Waals surface area contributed by atoms with Gasteiger partial charge in [-0.15, -0.1) is 0 Å². The van der Waals surface area contributed by atoms with Crippen LogP contribution in [0.25, 0.3) is 0 Å². The molecule has 0 aliphatic carbocycles. The minimum Gasteiger partial charge on any atom is -0.301 e. The highest BCUT2D eigenvalue weighted by Crippen LogP contribution is 2.26. The van der Waals surface area contributed by atoms with Crippen molar-refractivity contribution in [3.63, 3.8) is 0 Å². The van der Waals surface area contributed by atoms with Crippen LogP contribution >= 0.6 is 0 Å². The standard InChI is InChI=1S/C16H33N/c1-13(2)11-14(3)15(4)12-16(5)17-9-7-6-8-10-17/h13-16H,6-12H2,1-5H3. The molecule has 1 aliphatic heterocycles.